The van der Waals surface area contributed by atoms with Gasteiger partial charge in [0, 0.05) is 23.3 Å². The molecule has 0 unspecified atom stereocenters. The van der Waals surface area contributed by atoms with Crippen LogP contribution in [0.3, 0.4) is 0 Å². The van der Waals surface area contributed by atoms with Crippen molar-refractivity contribution in [1.29, 1.82) is 0 Å². The van der Waals surface area contributed by atoms with Crippen LogP contribution in [0.1, 0.15) is 5.56 Å². The molecule has 5 heteroatoms. The molecule has 0 atom stereocenters. The van der Waals surface area contributed by atoms with Crippen molar-refractivity contribution in [2.75, 3.05) is 0 Å². The minimum atomic E-state index is -1.11. The van der Waals surface area contributed by atoms with E-state index in [4.69, 9.17) is 5.11 Å². The van der Waals surface area contributed by atoms with Gasteiger partial charge in [-0.05, 0) is 27.6 Å². The Morgan fingerprint density at radius 1 is 1.10 bits per heavy atom. The molecule has 4 nitrogen and oxygen atoms in total. The van der Waals surface area contributed by atoms with Gasteiger partial charge >= 0.3 is 5.97 Å². The predicted octanol–water partition coefficient (Wildman–Crippen LogP) is 3.63. The van der Waals surface area contributed by atoms with Gasteiger partial charge in [-0.2, -0.15) is 0 Å². The Bertz CT molecular complexity index is 678. The first-order chi connectivity index (χ1) is 9.50. The van der Waals surface area contributed by atoms with Gasteiger partial charge in [-0.15, -0.1) is 0 Å². The van der Waals surface area contributed by atoms with Crippen LogP contribution in [0.25, 0.3) is 17.2 Å². The maximum atomic E-state index is 10.7. The van der Waals surface area contributed by atoms with Crippen molar-refractivity contribution in [2.45, 2.75) is 0 Å². The third-order valence-electron chi connectivity index (χ3n) is 2.72. The molecule has 2 aromatic rings. The molecule has 0 heterocycles. The second kappa shape index (κ2) is 5.79. The minimum Gasteiger partial charge on any atom is -0.507 e. The highest BCUT2D eigenvalue weighted by molar-refractivity contribution is 9.10. The van der Waals surface area contributed by atoms with Crippen molar-refractivity contribution in [3.8, 4) is 22.6 Å². The molecular weight excluding hydrogens is 324 g/mol. The molecule has 0 radical (unpaired) electrons. The zero-order chi connectivity index (χ0) is 14.7. The van der Waals surface area contributed by atoms with Gasteiger partial charge in [-0.1, -0.05) is 30.3 Å². The maximum Gasteiger partial charge on any atom is 0.328 e. The molecule has 0 saturated heterocycles. The van der Waals surface area contributed by atoms with E-state index < -0.39 is 5.97 Å². The van der Waals surface area contributed by atoms with E-state index in [9.17, 15) is 15.0 Å². The maximum absolute atomic E-state index is 10.7. The summed E-state index contributed by atoms with van der Waals surface area (Å²) >= 11 is 3.21. The lowest BCUT2D eigenvalue weighted by atomic mass is 9.97. The van der Waals surface area contributed by atoms with Crippen molar-refractivity contribution < 1.29 is 20.1 Å². The third-order valence-corrected chi connectivity index (χ3v) is 3.55. The first-order valence-corrected chi connectivity index (χ1v) is 6.51. The highest BCUT2D eigenvalue weighted by Gasteiger charge is 2.16. The number of halogens is 1. The molecule has 0 amide bonds. The standard InChI is InChI=1S/C15H11BrO4/c16-15-10(6-7-13(19)20)14(11(17)8-12(15)18)9-4-2-1-3-5-9/h1-8,17-18H,(H,19,20). The van der Waals surface area contributed by atoms with Gasteiger partial charge in [0.05, 0.1) is 4.47 Å². The van der Waals surface area contributed by atoms with E-state index in [0.29, 0.717) is 15.6 Å². The predicted molar refractivity (Wildman–Crippen MR) is 79.6 cm³/mol. The zero-order valence-electron chi connectivity index (χ0n) is 10.2. The number of hydrogen-bond acceptors (Lipinski definition) is 3. The molecule has 102 valence electrons. The topological polar surface area (TPSA) is 77.8 Å². The number of phenolic OH excluding ortho intramolecular Hbond substituents is 2. The summed E-state index contributed by atoms with van der Waals surface area (Å²) in [6, 6.07) is 10.2. The number of carboxylic acids is 1. The Morgan fingerprint density at radius 2 is 1.75 bits per heavy atom. The molecule has 3 N–H and O–H groups in total. The van der Waals surface area contributed by atoms with Gasteiger partial charge < -0.3 is 15.3 Å². The second-order valence-corrected chi connectivity index (χ2v) is 4.85. The summed E-state index contributed by atoms with van der Waals surface area (Å²) in [6.07, 6.45) is 2.28. The molecule has 2 aromatic carbocycles. The zero-order valence-corrected chi connectivity index (χ0v) is 11.8. The second-order valence-electron chi connectivity index (χ2n) is 4.06. The van der Waals surface area contributed by atoms with E-state index >= 15 is 0 Å². The van der Waals surface area contributed by atoms with Crippen molar-refractivity contribution >= 4 is 28.0 Å². The van der Waals surface area contributed by atoms with E-state index in [1.54, 1.807) is 24.3 Å². The molecule has 0 spiro atoms. The Kier molecular flexibility index (Phi) is 4.10. The summed E-state index contributed by atoms with van der Waals surface area (Å²) < 4.78 is 0.326. The van der Waals surface area contributed by atoms with Crippen LogP contribution >= 0.6 is 15.9 Å². The van der Waals surface area contributed by atoms with Crippen molar-refractivity contribution in [3.63, 3.8) is 0 Å². The van der Waals surface area contributed by atoms with Crippen LogP contribution in [0.15, 0.2) is 46.9 Å². The highest BCUT2D eigenvalue weighted by Crippen LogP contribution is 2.42. The van der Waals surface area contributed by atoms with Crippen molar-refractivity contribution in [3.05, 3.63) is 52.5 Å². The summed E-state index contributed by atoms with van der Waals surface area (Å²) in [5, 5.41) is 28.5. The lowest BCUT2D eigenvalue weighted by molar-refractivity contribution is -0.131. The van der Waals surface area contributed by atoms with Crippen LogP contribution in [0.2, 0.25) is 0 Å². The summed E-state index contributed by atoms with van der Waals surface area (Å²) in [5.41, 5.74) is 1.57. The largest absolute Gasteiger partial charge is 0.507 e. The molecule has 0 aliphatic rings. The number of hydrogen-bond donors (Lipinski definition) is 3. The lowest BCUT2D eigenvalue weighted by Crippen LogP contribution is -1.90. The van der Waals surface area contributed by atoms with E-state index in [-0.39, 0.29) is 11.5 Å². The first kappa shape index (κ1) is 14.1. The van der Waals surface area contributed by atoms with Crippen LogP contribution in [-0.4, -0.2) is 21.3 Å². The third kappa shape index (κ3) is 2.83. The van der Waals surface area contributed by atoms with Crippen LogP contribution < -0.4 is 0 Å². The van der Waals surface area contributed by atoms with E-state index in [2.05, 4.69) is 15.9 Å². The Balaban J connectivity index is 2.72. The minimum absolute atomic E-state index is 0.123. The number of aromatic hydroxyl groups is 2. The smallest absolute Gasteiger partial charge is 0.328 e. The van der Waals surface area contributed by atoms with Gasteiger partial charge in [0.15, 0.2) is 0 Å². The molecule has 0 aromatic heterocycles. The molecule has 0 aliphatic heterocycles. The van der Waals surface area contributed by atoms with Crippen LogP contribution in [0, 0.1) is 0 Å². The van der Waals surface area contributed by atoms with Gasteiger partial charge in [0.25, 0.3) is 0 Å². The number of aliphatic carboxylic acids is 1. The van der Waals surface area contributed by atoms with E-state index in [1.807, 2.05) is 6.07 Å². The summed E-state index contributed by atoms with van der Waals surface area (Å²) in [6.45, 7) is 0. The van der Waals surface area contributed by atoms with E-state index in [0.717, 1.165) is 11.6 Å². The number of benzene rings is 2. The SMILES string of the molecule is O=C(O)C=Cc1c(Br)c(O)cc(O)c1-c1ccccc1. The Labute approximate surface area is 123 Å². The molecule has 0 fully saturated rings. The Morgan fingerprint density at radius 3 is 2.35 bits per heavy atom. The molecule has 0 saturated carbocycles. The molecule has 20 heavy (non-hydrogen) atoms. The summed E-state index contributed by atoms with van der Waals surface area (Å²) in [5.74, 6) is -1.40. The molecule has 0 bridgehead atoms. The van der Waals surface area contributed by atoms with Gasteiger partial charge in [0.1, 0.15) is 11.5 Å². The molecular formula is C15H11BrO4. The first-order valence-electron chi connectivity index (χ1n) is 5.71. The number of carboxylic acid groups (broad SMARTS) is 1. The number of rotatable bonds is 3. The molecule has 2 rings (SSSR count). The average Bonchev–Trinajstić information content (AvgIpc) is 2.42. The Hall–Kier alpha value is -2.27. The fourth-order valence-electron chi connectivity index (χ4n) is 1.87. The lowest BCUT2D eigenvalue weighted by Gasteiger charge is -2.12. The average molecular weight is 335 g/mol. The van der Waals surface area contributed by atoms with E-state index in [1.165, 1.54) is 12.1 Å². The number of carbonyl (C=O) groups is 1. The monoisotopic (exact) mass is 334 g/mol. The fraction of sp³-hybridized carbons (Fsp3) is 0. The van der Waals surface area contributed by atoms with Crippen molar-refractivity contribution in [1.82, 2.24) is 0 Å². The van der Waals surface area contributed by atoms with Gasteiger partial charge in [0.2, 0.25) is 0 Å². The quantitative estimate of drug-likeness (QED) is 0.749. The number of phenols is 2. The van der Waals surface area contributed by atoms with Crippen LogP contribution in [0.4, 0.5) is 0 Å². The van der Waals surface area contributed by atoms with Gasteiger partial charge in [-0.3, -0.25) is 0 Å². The van der Waals surface area contributed by atoms with Crippen molar-refractivity contribution in [2.24, 2.45) is 0 Å². The summed E-state index contributed by atoms with van der Waals surface area (Å²) in [4.78, 5) is 10.7. The highest BCUT2D eigenvalue weighted by atomic mass is 79.9. The van der Waals surface area contributed by atoms with Crippen LogP contribution in [-0.2, 0) is 4.79 Å². The molecule has 0 aliphatic carbocycles. The van der Waals surface area contributed by atoms with Crippen LogP contribution in [0.5, 0.6) is 11.5 Å². The summed E-state index contributed by atoms with van der Waals surface area (Å²) in [7, 11) is 0. The normalized spacial score (nSPS) is 10.8. The fourth-order valence-corrected chi connectivity index (χ4v) is 2.31. The van der Waals surface area contributed by atoms with Gasteiger partial charge in [-0.25, -0.2) is 4.79 Å².